The minimum Gasteiger partial charge on any atom is -0.381 e. The summed E-state index contributed by atoms with van der Waals surface area (Å²) >= 11 is 3.46. The fraction of sp³-hybridized carbons (Fsp3) is 0.583. The van der Waals surface area contributed by atoms with Crippen molar-refractivity contribution in [1.82, 2.24) is 10.3 Å². The van der Waals surface area contributed by atoms with E-state index in [2.05, 4.69) is 32.3 Å². The molecule has 2 heterocycles. The van der Waals surface area contributed by atoms with E-state index < -0.39 is 0 Å². The number of aromatic nitrogens is 1. The summed E-state index contributed by atoms with van der Waals surface area (Å²) in [5.41, 5.74) is 1.52. The Bertz CT molecular complexity index is 351. The molecule has 2 rings (SSSR count). The molecule has 1 fully saturated rings. The summed E-state index contributed by atoms with van der Waals surface area (Å²) in [4.78, 5) is 4.21. The molecule has 1 aromatic heterocycles. The van der Waals surface area contributed by atoms with E-state index in [1.165, 1.54) is 5.56 Å². The van der Waals surface area contributed by atoms with E-state index in [9.17, 15) is 0 Å². The molecule has 0 saturated carbocycles. The Morgan fingerprint density at radius 2 is 2.44 bits per heavy atom. The third-order valence-corrected chi connectivity index (χ3v) is 3.51. The van der Waals surface area contributed by atoms with E-state index in [1.807, 2.05) is 19.4 Å². The van der Waals surface area contributed by atoms with Gasteiger partial charge in [0.2, 0.25) is 0 Å². The summed E-state index contributed by atoms with van der Waals surface area (Å²) in [7, 11) is 2.00. The number of pyridine rings is 1. The van der Waals surface area contributed by atoms with E-state index >= 15 is 0 Å². The number of ether oxygens (including phenoxy) is 1. The van der Waals surface area contributed by atoms with Gasteiger partial charge in [-0.15, -0.1) is 0 Å². The first-order valence-corrected chi connectivity index (χ1v) is 6.35. The zero-order chi connectivity index (χ0) is 11.4. The van der Waals surface area contributed by atoms with Crippen LogP contribution in [0.1, 0.15) is 12.0 Å². The van der Waals surface area contributed by atoms with Crippen molar-refractivity contribution >= 4 is 15.9 Å². The van der Waals surface area contributed by atoms with Crippen molar-refractivity contribution in [3.63, 3.8) is 0 Å². The number of nitrogens with one attached hydrogen (secondary N) is 1. The maximum absolute atomic E-state index is 5.54. The van der Waals surface area contributed by atoms with Gasteiger partial charge in [-0.1, -0.05) is 0 Å². The average molecular weight is 285 g/mol. The quantitative estimate of drug-likeness (QED) is 0.919. The lowest BCUT2D eigenvalue weighted by Gasteiger charge is -2.27. The Labute approximate surface area is 105 Å². The summed E-state index contributed by atoms with van der Waals surface area (Å²) in [5.74, 6) is 0. The molecular weight excluding hydrogens is 268 g/mol. The average Bonchev–Trinajstić information content (AvgIpc) is 2.67. The molecule has 16 heavy (non-hydrogen) atoms. The van der Waals surface area contributed by atoms with Crippen molar-refractivity contribution in [2.45, 2.75) is 12.8 Å². The van der Waals surface area contributed by atoms with Gasteiger partial charge in [0, 0.05) is 35.4 Å². The predicted molar refractivity (Wildman–Crippen MR) is 67.4 cm³/mol. The topological polar surface area (TPSA) is 34.2 Å². The Morgan fingerprint density at radius 3 is 3.06 bits per heavy atom. The van der Waals surface area contributed by atoms with Gasteiger partial charge in [-0.3, -0.25) is 4.98 Å². The molecule has 1 aliphatic heterocycles. The molecule has 1 atom stereocenters. The highest BCUT2D eigenvalue weighted by Crippen LogP contribution is 2.32. The van der Waals surface area contributed by atoms with E-state index in [-0.39, 0.29) is 5.41 Å². The minimum absolute atomic E-state index is 0.247. The first kappa shape index (κ1) is 12.0. The van der Waals surface area contributed by atoms with Crippen LogP contribution in [-0.2, 0) is 11.2 Å². The van der Waals surface area contributed by atoms with Crippen molar-refractivity contribution in [1.29, 1.82) is 0 Å². The summed E-state index contributed by atoms with van der Waals surface area (Å²) in [6.45, 7) is 2.73. The monoisotopic (exact) mass is 284 g/mol. The maximum Gasteiger partial charge on any atom is 0.0538 e. The lowest BCUT2D eigenvalue weighted by Crippen LogP contribution is -2.35. The number of hydrogen-bond donors (Lipinski definition) is 1. The molecule has 3 nitrogen and oxygen atoms in total. The van der Waals surface area contributed by atoms with Crippen molar-refractivity contribution in [3.8, 4) is 0 Å². The summed E-state index contributed by atoms with van der Waals surface area (Å²) in [6, 6.07) is 2.14. The molecule has 0 spiro atoms. The van der Waals surface area contributed by atoms with E-state index in [0.717, 1.165) is 37.1 Å². The van der Waals surface area contributed by atoms with E-state index in [1.54, 1.807) is 0 Å². The van der Waals surface area contributed by atoms with Crippen LogP contribution in [0, 0.1) is 5.41 Å². The lowest BCUT2D eigenvalue weighted by molar-refractivity contribution is 0.150. The standard InChI is InChI=1S/C12H17BrN2O/c1-14-8-12(2-3-16-9-12)5-10-4-11(13)7-15-6-10/h4,6-7,14H,2-3,5,8-9H2,1H3. The van der Waals surface area contributed by atoms with Crippen LogP contribution in [0.15, 0.2) is 22.9 Å². The molecule has 0 bridgehead atoms. The predicted octanol–water partition coefficient (Wildman–Crippen LogP) is 2.01. The molecule has 1 unspecified atom stereocenters. The molecule has 1 saturated heterocycles. The van der Waals surface area contributed by atoms with E-state index in [4.69, 9.17) is 4.74 Å². The van der Waals surface area contributed by atoms with Gasteiger partial charge in [-0.2, -0.15) is 0 Å². The fourth-order valence-corrected chi connectivity index (χ4v) is 2.76. The largest absolute Gasteiger partial charge is 0.381 e. The molecule has 0 amide bonds. The molecule has 4 heteroatoms. The second-order valence-electron chi connectivity index (χ2n) is 4.52. The van der Waals surface area contributed by atoms with Gasteiger partial charge in [0.25, 0.3) is 0 Å². The number of nitrogens with zero attached hydrogens (tertiary/aromatic N) is 1. The zero-order valence-corrected chi connectivity index (χ0v) is 11.1. The van der Waals surface area contributed by atoms with Crippen molar-refractivity contribution in [2.24, 2.45) is 5.41 Å². The number of rotatable bonds is 4. The maximum atomic E-state index is 5.54. The fourth-order valence-electron chi connectivity index (χ4n) is 2.35. The Kier molecular flexibility index (Phi) is 3.95. The molecule has 1 aliphatic rings. The minimum atomic E-state index is 0.247. The van der Waals surface area contributed by atoms with Crippen LogP contribution in [0.5, 0.6) is 0 Å². The first-order valence-electron chi connectivity index (χ1n) is 5.56. The van der Waals surface area contributed by atoms with Crippen LogP contribution in [0.4, 0.5) is 0 Å². The van der Waals surface area contributed by atoms with Gasteiger partial charge in [-0.05, 0) is 47.4 Å². The number of hydrogen-bond acceptors (Lipinski definition) is 3. The second kappa shape index (κ2) is 5.25. The highest BCUT2D eigenvalue weighted by atomic mass is 79.9. The molecule has 1 N–H and O–H groups in total. The van der Waals surface area contributed by atoms with Crippen LogP contribution in [0.3, 0.4) is 0 Å². The van der Waals surface area contributed by atoms with Gasteiger partial charge in [0.15, 0.2) is 0 Å². The van der Waals surface area contributed by atoms with Crippen LogP contribution < -0.4 is 5.32 Å². The van der Waals surface area contributed by atoms with Gasteiger partial charge in [0.05, 0.1) is 6.61 Å². The molecule has 0 aromatic carbocycles. The SMILES string of the molecule is CNCC1(Cc2cncc(Br)c2)CCOC1. The van der Waals surface area contributed by atoms with Gasteiger partial charge < -0.3 is 10.1 Å². The smallest absolute Gasteiger partial charge is 0.0538 e. The van der Waals surface area contributed by atoms with Crippen LogP contribution in [0.2, 0.25) is 0 Å². The molecule has 88 valence electrons. The van der Waals surface area contributed by atoms with Gasteiger partial charge in [0.1, 0.15) is 0 Å². The third kappa shape index (κ3) is 2.81. The Hall–Kier alpha value is -0.450. The first-order chi connectivity index (χ1) is 7.74. The normalized spacial score (nSPS) is 24.9. The summed E-state index contributed by atoms with van der Waals surface area (Å²) < 4.78 is 6.59. The summed E-state index contributed by atoms with van der Waals surface area (Å²) in [5, 5.41) is 3.27. The zero-order valence-electron chi connectivity index (χ0n) is 9.50. The van der Waals surface area contributed by atoms with Crippen LogP contribution in [0.25, 0.3) is 0 Å². The Morgan fingerprint density at radius 1 is 1.56 bits per heavy atom. The second-order valence-corrected chi connectivity index (χ2v) is 5.44. The number of halogens is 1. The highest BCUT2D eigenvalue weighted by Gasteiger charge is 2.34. The van der Waals surface area contributed by atoms with Crippen molar-refractivity contribution in [2.75, 3.05) is 26.8 Å². The molecular formula is C12H17BrN2O. The van der Waals surface area contributed by atoms with Gasteiger partial charge >= 0.3 is 0 Å². The van der Waals surface area contributed by atoms with Crippen molar-refractivity contribution in [3.05, 3.63) is 28.5 Å². The molecule has 1 aromatic rings. The summed E-state index contributed by atoms with van der Waals surface area (Å²) in [6.07, 6.45) is 5.92. The van der Waals surface area contributed by atoms with E-state index in [0.29, 0.717) is 0 Å². The third-order valence-electron chi connectivity index (χ3n) is 3.08. The lowest BCUT2D eigenvalue weighted by atomic mass is 9.81. The Balaban J connectivity index is 2.11. The van der Waals surface area contributed by atoms with Gasteiger partial charge in [-0.25, -0.2) is 0 Å². The van der Waals surface area contributed by atoms with Crippen LogP contribution in [-0.4, -0.2) is 31.8 Å². The molecule has 0 radical (unpaired) electrons. The van der Waals surface area contributed by atoms with Crippen molar-refractivity contribution < 1.29 is 4.74 Å². The molecule has 0 aliphatic carbocycles. The highest BCUT2D eigenvalue weighted by molar-refractivity contribution is 9.10. The van der Waals surface area contributed by atoms with Crippen LogP contribution >= 0.6 is 15.9 Å².